The second kappa shape index (κ2) is 9.47. The average Bonchev–Trinajstić information content (AvgIpc) is 2.49. The Bertz CT molecular complexity index is 591. The molecular weight excluding hydrogens is 290 g/mol. The molecule has 0 aliphatic carbocycles. The summed E-state index contributed by atoms with van der Waals surface area (Å²) in [6.45, 7) is 3.79. The molecule has 0 saturated heterocycles. The molecule has 1 heterocycles. The van der Waals surface area contributed by atoms with Gasteiger partial charge in [-0.15, -0.1) is 0 Å². The van der Waals surface area contributed by atoms with Gasteiger partial charge in [-0.05, 0) is 18.9 Å². The lowest BCUT2D eigenvalue weighted by atomic mass is 10.3. The van der Waals surface area contributed by atoms with Crippen LogP contribution in [-0.2, 0) is 14.8 Å². The van der Waals surface area contributed by atoms with E-state index in [0.717, 1.165) is 6.42 Å². The molecule has 0 unspecified atom stereocenters. The predicted octanol–water partition coefficient (Wildman–Crippen LogP) is 0.487. The second-order valence-electron chi connectivity index (χ2n) is 4.28. The zero-order chi connectivity index (χ0) is 15.6. The largest absolute Gasteiger partial charge is 0.381 e. The Morgan fingerprint density at radius 2 is 2.19 bits per heavy atom. The summed E-state index contributed by atoms with van der Waals surface area (Å²) in [6, 6.07) is 1.48. The molecular formula is C14H21N3O3S. The summed E-state index contributed by atoms with van der Waals surface area (Å²) in [6.07, 6.45) is 4.37. The van der Waals surface area contributed by atoms with Crippen LogP contribution in [0.4, 0.5) is 0 Å². The third-order valence-electron chi connectivity index (χ3n) is 2.46. The number of nitrogens with one attached hydrogen (secondary N) is 1. The van der Waals surface area contributed by atoms with Crippen molar-refractivity contribution in [2.75, 3.05) is 26.3 Å². The number of ether oxygens (including phenoxy) is 1. The Morgan fingerprint density at radius 1 is 1.38 bits per heavy atom. The van der Waals surface area contributed by atoms with Crippen LogP contribution in [0, 0.1) is 11.8 Å². The van der Waals surface area contributed by atoms with Crippen LogP contribution >= 0.6 is 0 Å². The number of rotatable bonds is 8. The fourth-order valence-electron chi connectivity index (χ4n) is 1.50. The quantitative estimate of drug-likeness (QED) is 0.538. The number of pyridine rings is 1. The van der Waals surface area contributed by atoms with E-state index in [-0.39, 0.29) is 11.4 Å². The molecule has 21 heavy (non-hydrogen) atoms. The van der Waals surface area contributed by atoms with Crippen molar-refractivity contribution in [2.24, 2.45) is 5.73 Å². The minimum absolute atomic E-state index is 0.0980. The normalized spacial score (nSPS) is 11.0. The molecule has 0 bridgehead atoms. The Hall–Kier alpha value is -1.46. The molecule has 0 fully saturated rings. The van der Waals surface area contributed by atoms with Crippen LogP contribution in [0.2, 0.25) is 0 Å². The summed E-state index contributed by atoms with van der Waals surface area (Å²) in [5.41, 5.74) is 5.80. The highest BCUT2D eigenvalue weighted by Crippen LogP contribution is 2.08. The van der Waals surface area contributed by atoms with Gasteiger partial charge in [-0.1, -0.05) is 18.8 Å². The number of sulfonamides is 1. The zero-order valence-electron chi connectivity index (χ0n) is 12.1. The number of aromatic nitrogens is 1. The summed E-state index contributed by atoms with van der Waals surface area (Å²) >= 11 is 0. The Morgan fingerprint density at radius 3 is 2.90 bits per heavy atom. The van der Waals surface area contributed by atoms with Gasteiger partial charge in [0.15, 0.2) is 0 Å². The molecule has 6 nitrogen and oxygen atoms in total. The molecule has 0 atom stereocenters. The van der Waals surface area contributed by atoms with Gasteiger partial charge in [0.2, 0.25) is 10.0 Å². The highest BCUT2D eigenvalue weighted by molar-refractivity contribution is 7.89. The first-order chi connectivity index (χ1) is 10.1. The fourth-order valence-corrected chi connectivity index (χ4v) is 2.56. The molecule has 0 amide bonds. The van der Waals surface area contributed by atoms with Crippen molar-refractivity contribution < 1.29 is 13.2 Å². The van der Waals surface area contributed by atoms with E-state index in [2.05, 4.69) is 21.5 Å². The molecule has 1 aromatic rings. The van der Waals surface area contributed by atoms with E-state index in [0.29, 0.717) is 31.7 Å². The van der Waals surface area contributed by atoms with Gasteiger partial charge in [0.25, 0.3) is 0 Å². The van der Waals surface area contributed by atoms with E-state index < -0.39 is 10.0 Å². The van der Waals surface area contributed by atoms with Gasteiger partial charge >= 0.3 is 0 Å². The zero-order valence-corrected chi connectivity index (χ0v) is 12.9. The van der Waals surface area contributed by atoms with Crippen LogP contribution in [0.1, 0.15) is 25.3 Å². The van der Waals surface area contributed by atoms with E-state index in [4.69, 9.17) is 10.5 Å². The third kappa shape index (κ3) is 6.69. The van der Waals surface area contributed by atoms with Crippen LogP contribution in [-0.4, -0.2) is 39.7 Å². The summed E-state index contributed by atoms with van der Waals surface area (Å²) in [5, 5.41) is 0. The van der Waals surface area contributed by atoms with Gasteiger partial charge in [-0.3, -0.25) is 4.98 Å². The summed E-state index contributed by atoms with van der Waals surface area (Å²) in [4.78, 5) is 3.98. The number of hydrogen-bond donors (Lipinski definition) is 2. The second-order valence-corrected chi connectivity index (χ2v) is 6.05. The monoisotopic (exact) mass is 311 g/mol. The lowest BCUT2D eigenvalue weighted by Crippen LogP contribution is -2.25. The number of nitrogens with zero attached hydrogens (tertiary/aromatic N) is 1. The summed E-state index contributed by atoms with van der Waals surface area (Å²) < 4.78 is 32.0. The van der Waals surface area contributed by atoms with Gasteiger partial charge in [0, 0.05) is 37.7 Å². The Balaban J connectivity index is 2.57. The first-order valence-electron chi connectivity index (χ1n) is 6.81. The topological polar surface area (TPSA) is 94.3 Å². The van der Waals surface area contributed by atoms with E-state index in [9.17, 15) is 8.42 Å². The molecule has 3 N–H and O–H groups in total. The molecule has 0 aliphatic rings. The van der Waals surface area contributed by atoms with E-state index in [1.165, 1.54) is 18.5 Å². The van der Waals surface area contributed by atoms with Gasteiger partial charge in [0.1, 0.15) is 4.90 Å². The van der Waals surface area contributed by atoms with Crippen LogP contribution in [0.3, 0.4) is 0 Å². The highest BCUT2D eigenvalue weighted by Gasteiger charge is 2.13. The van der Waals surface area contributed by atoms with E-state index >= 15 is 0 Å². The van der Waals surface area contributed by atoms with E-state index in [1.54, 1.807) is 0 Å². The van der Waals surface area contributed by atoms with Crippen molar-refractivity contribution in [1.82, 2.24) is 9.71 Å². The van der Waals surface area contributed by atoms with Gasteiger partial charge < -0.3 is 10.5 Å². The average molecular weight is 311 g/mol. The summed E-state index contributed by atoms with van der Waals surface area (Å²) in [7, 11) is -3.57. The standard InChI is InChI=1S/C14H21N3O3S/c1-2-8-20-9-4-7-17-21(18,19)14-10-13(5-3-6-15)11-16-12-14/h10-12,17H,2,4,6-9,15H2,1H3. The lowest BCUT2D eigenvalue weighted by Gasteiger charge is -2.07. The lowest BCUT2D eigenvalue weighted by molar-refractivity contribution is 0.133. The number of nitrogens with two attached hydrogens (primary N) is 1. The van der Waals surface area contributed by atoms with Crippen molar-refractivity contribution in [1.29, 1.82) is 0 Å². The maximum atomic E-state index is 12.1. The van der Waals surface area contributed by atoms with Crippen molar-refractivity contribution in [3.8, 4) is 11.8 Å². The van der Waals surface area contributed by atoms with Gasteiger partial charge in [0.05, 0.1) is 6.54 Å². The van der Waals surface area contributed by atoms with Crippen molar-refractivity contribution in [3.05, 3.63) is 24.0 Å². The highest BCUT2D eigenvalue weighted by atomic mass is 32.2. The molecule has 1 aromatic heterocycles. The minimum Gasteiger partial charge on any atom is -0.381 e. The first kappa shape index (κ1) is 17.6. The molecule has 0 spiro atoms. The summed E-state index contributed by atoms with van der Waals surface area (Å²) in [5.74, 6) is 5.42. The molecule has 0 radical (unpaired) electrons. The minimum atomic E-state index is -3.57. The Labute approximate surface area is 126 Å². The third-order valence-corrected chi connectivity index (χ3v) is 3.89. The molecule has 7 heteroatoms. The predicted molar refractivity (Wildman–Crippen MR) is 81.1 cm³/mol. The van der Waals surface area contributed by atoms with Crippen molar-refractivity contribution in [3.63, 3.8) is 0 Å². The van der Waals surface area contributed by atoms with Crippen LogP contribution in [0.25, 0.3) is 0 Å². The van der Waals surface area contributed by atoms with Crippen molar-refractivity contribution >= 4 is 10.0 Å². The smallest absolute Gasteiger partial charge is 0.242 e. The molecule has 0 aliphatic heterocycles. The molecule has 0 saturated carbocycles. The molecule has 0 aromatic carbocycles. The van der Waals surface area contributed by atoms with Crippen LogP contribution in [0.5, 0.6) is 0 Å². The number of hydrogen-bond acceptors (Lipinski definition) is 5. The maximum Gasteiger partial charge on any atom is 0.242 e. The SMILES string of the molecule is CCCOCCCNS(=O)(=O)c1cncc(C#CCN)c1. The fraction of sp³-hybridized carbons (Fsp3) is 0.500. The maximum absolute atomic E-state index is 12.1. The Kier molecular flexibility index (Phi) is 7.93. The van der Waals surface area contributed by atoms with Gasteiger partial charge in [-0.2, -0.15) is 0 Å². The first-order valence-corrected chi connectivity index (χ1v) is 8.30. The van der Waals surface area contributed by atoms with Crippen molar-refractivity contribution in [2.45, 2.75) is 24.7 Å². The van der Waals surface area contributed by atoms with Crippen LogP contribution in [0.15, 0.2) is 23.4 Å². The van der Waals surface area contributed by atoms with Crippen LogP contribution < -0.4 is 10.5 Å². The molecule has 116 valence electrons. The van der Waals surface area contributed by atoms with E-state index in [1.807, 2.05) is 6.92 Å². The van der Waals surface area contributed by atoms with Gasteiger partial charge in [-0.25, -0.2) is 13.1 Å². The molecule has 1 rings (SSSR count).